The molecule has 1 aromatic heterocycles. The lowest BCUT2D eigenvalue weighted by atomic mass is 10.1. The average Bonchev–Trinajstić information content (AvgIpc) is 2.66. The summed E-state index contributed by atoms with van der Waals surface area (Å²) in [6.45, 7) is 6.65. The van der Waals surface area contributed by atoms with Crippen LogP contribution in [0.5, 0.6) is 0 Å². The summed E-state index contributed by atoms with van der Waals surface area (Å²) in [7, 11) is 0. The summed E-state index contributed by atoms with van der Waals surface area (Å²) in [6.07, 6.45) is 9.36. The van der Waals surface area contributed by atoms with Crippen LogP contribution in [0, 0.1) is 0 Å². The smallest absolute Gasteiger partial charge is 0.169 e. The third kappa shape index (κ3) is 8.73. The number of benzene rings is 1. The van der Waals surface area contributed by atoms with Gasteiger partial charge in [0.25, 0.3) is 0 Å². The number of aryl methyl sites for hydroxylation is 1. The highest BCUT2D eigenvalue weighted by Gasteiger charge is 2.06. The van der Waals surface area contributed by atoms with Crippen molar-refractivity contribution >= 4 is 30.2 Å². The first kappa shape index (κ1) is 25.4. The van der Waals surface area contributed by atoms with Crippen molar-refractivity contribution in [1.82, 2.24) is 0 Å². The first-order valence-corrected chi connectivity index (χ1v) is 8.80. The van der Waals surface area contributed by atoms with Gasteiger partial charge in [0.1, 0.15) is 6.54 Å². The van der Waals surface area contributed by atoms with E-state index in [9.17, 15) is 0 Å². The number of rotatable bonds is 10. The van der Waals surface area contributed by atoms with E-state index in [-0.39, 0.29) is 24.8 Å². The second-order valence-corrected chi connectivity index (χ2v) is 5.53. The summed E-state index contributed by atoms with van der Waals surface area (Å²) in [4.78, 5) is 10.9. The van der Waals surface area contributed by atoms with Crippen molar-refractivity contribution < 1.29 is 26.6 Å². The fraction of sp³-hybridized carbons (Fsp3) is 0.350. The summed E-state index contributed by atoms with van der Waals surface area (Å²) in [5.41, 5.74) is 8.70. The number of nitrogens with zero attached hydrogens (tertiary/aromatic N) is 2. The summed E-state index contributed by atoms with van der Waals surface area (Å²) < 4.78 is 2.15. The highest BCUT2D eigenvalue weighted by molar-refractivity contribution is 5.85. The Morgan fingerprint density at radius 1 is 0.926 bits per heavy atom. The van der Waals surface area contributed by atoms with Crippen LogP contribution in [0.2, 0.25) is 0 Å². The Labute approximate surface area is 174 Å². The Hall–Kier alpha value is -1.63. The highest BCUT2D eigenvalue weighted by atomic mass is 35.5. The van der Waals surface area contributed by atoms with Gasteiger partial charge in [-0.1, -0.05) is 24.3 Å². The van der Waals surface area contributed by atoms with Gasteiger partial charge in [-0.3, -0.25) is 0 Å². The monoisotopic (exact) mass is 413 g/mol. The predicted molar refractivity (Wildman–Crippen MR) is 109 cm³/mol. The van der Waals surface area contributed by atoms with Gasteiger partial charge in [-0.25, -0.2) is 14.2 Å². The molecule has 0 amide bonds. The van der Waals surface area contributed by atoms with Gasteiger partial charge in [0.15, 0.2) is 12.4 Å². The molecule has 0 aliphatic carbocycles. The van der Waals surface area contributed by atoms with E-state index in [1.807, 2.05) is 38.1 Å². The van der Waals surface area contributed by atoms with Gasteiger partial charge in [-0.05, 0) is 43.7 Å². The van der Waals surface area contributed by atoms with Crippen molar-refractivity contribution in [3.05, 3.63) is 59.9 Å². The third-order valence-electron chi connectivity index (χ3n) is 3.60. The molecule has 2 rings (SSSR count). The van der Waals surface area contributed by atoms with E-state index >= 15 is 0 Å². The number of anilines is 1. The predicted octanol–water partition coefficient (Wildman–Crippen LogP) is 0.629. The second kappa shape index (κ2) is 14.4. The van der Waals surface area contributed by atoms with Crippen LogP contribution in [0.15, 0.2) is 48.8 Å². The van der Waals surface area contributed by atoms with Crippen LogP contribution in [0.1, 0.15) is 31.4 Å². The fourth-order valence-corrected chi connectivity index (χ4v) is 2.32. The minimum absolute atomic E-state index is 0. The fourth-order valence-electron chi connectivity index (χ4n) is 2.32. The topological polar surface area (TPSA) is 51.6 Å². The lowest BCUT2D eigenvalue weighted by Crippen LogP contribution is -3.00. The quantitative estimate of drug-likeness (QED) is 0.458. The Morgan fingerprint density at radius 2 is 1.44 bits per heavy atom. The van der Waals surface area contributed by atoms with E-state index in [0.29, 0.717) is 19.8 Å². The molecular weight excluding hydrogens is 385 g/mol. The van der Waals surface area contributed by atoms with Crippen molar-refractivity contribution in [2.45, 2.75) is 26.8 Å². The third-order valence-corrected chi connectivity index (χ3v) is 3.60. The molecule has 0 unspecified atom stereocenters. The molecule has 0 atom stereocenters. The molecule has 1 aromatic carbocycles. The molecule has 5 nitrogen and oxygen atoms in total. The van der Waals surface area contributed by atoms with Crippen molar-refractivity contribution in [3.63, 3.8) is 0 Å². The minimum Gasteiger partial charge on any atom is -1.00 e. The van der Waals surface area contributed by atoms with E-state index in [2.05, 4.69) is 41.2 Å². The van der Waals surface area contributed by atoms with Crippen LogP contribution in [0.3, 0.4) is 0 Å². The molecule has 150 valence electrons. The van der Waals surface area contributed by atoms with Crippen molar-refractivity contribution in [2.24, 2.45) is 5.73 Å². The number of pyridine rings is 1. The minimum atomic E-state index is 0. The molecule has 0 radical (unpaired) electrons. The number of hydrogen-bond acceptors (Lipinski definition) is 4. The van der Waals surface area contributed by atoms with E-state index < -0.39 is 0 Å². The molecule has 1 heterocycles. The Kier molecular flexibility index (Phi) is 13.6. The summed E-state index contributed by atoms with van der Waals surface area (Å²) in [5.74, 6) is 0. The van der Waals surface area contributed by atoms with Crippen molar-refractivity contribution in [3.8, 4) is 0 Å². The van der Waals surface area contributed by atoms with Crippen LogP contribution >= 0.6 is 12.4 Å². The summed E-state index contributed by atoms with van der Waals surface area (Å²) in [5, 5.41) is 1.46. The van der Waals surface area contributed by atoms with Crippen LogP contribution in [0.25, 0.3) is 12.2 Å². The van der Waals surface area contributed by atoms with Gasteiger partial charge in [0.2, 0.25) is 0 Å². The zero-order valence-corrected chi connectivity index (χ0v) is 17.5. The van der Waals surface area contributed by atoms with Gasteiger partial charge in [-0.15, -0.1) is 17.6 Å². The van der Waals surface area contributed by atoms with E-state index in [1.54, 1.807) is 0 Å². The molecule has 0 aliphatic heterocycles. The van der Waals surface area contributed by atoms with Gasteiger partial charge in [0.05, 0.1) is 18.9 Å². The zero-order chi connectivity index (χ0) is 17.9. The molecule has 2 N–H and O–H groups in total. The maximum atomic E-state index is 5.54. The number of hydrogen-bond donors (Lipinski definition) is 1. The Morgan fingerprint density at radius 3 is 1.93 bits per heavy atom. The Bertz CT molecular complexity index is 643. The molecule has 7 heteroatoms. The van der Waals surface area contributed by atoms with Crippen molar-refractivity contribution in [2.75, 3.05) is 25.0 Å². The van der Waals surface area contributed by atoms with Gasteiger partial charge < -0.3 is 18.1 Å². The van der Waals surface area contributed by atoms with Gasteiger partial charge in [-0.2, -0.15) is 0 Å². The largest absolute Gasteiger partial charge is 1.00 e. The van der Waals surface area contributed by atoms with Gasteiger partial charge in [0, 0.05) is 18.6 Å². The molecule has 2 aromatic rings. The second-order valence-electron chi connectivity index (χ2n) is 5.53. The number of halogens is 2. The molecule has 0 bridgehead atoms. The molecule has 0 aliphatic rings. The Balaban J connectivity index is 0.00000338. The lowest BCUT2D eigenvalue weighted by molar-refractivity contribution is -0.697. The number of aromatic nitrogens is 1. The van der Waals surface area contributed by atoms with E-state index in [0.717, 1.165) is 24.2 Å². The summed E-state index contributed by atoms with van der Waals surface area (Å²) in [6, 6.07) is 12.3. The van der Waals surface area contributed by atoms with Crippen LogP contribution in [-0.4, -0.2) is 19.8 Å². The average molecular weight is 414 g/mol. The molecule has 0 spiro atoms. The number of nitrogens with two attached hydrogens (primary N) is 1. The molecule has 27 heavy (non-hydrogen) atoms. The normalized spacial score (nSPS) is 10.3. The zero-order valence-electron chi connectivity index (χ0n) is 15.9. The molecular formula is C20H29Cl2N3O2. The highest BCUT2D eigenvalue weighted by Crippen LogP contribution is 2.17. The van der Waals surface area contributed by atoms with Crippen LogP contribution in [0.4, 0.5) is 5.69 Å². The standard InChI is InChI=1S/C20H28N3O2.2ClH/c1-3-24-23(25-4-2)20-10-8-18(9-11-20)6-7-19-12-16-22(17-13-19)15-5-14-21;;/h6-13,16-17H,3-5,14-15,21H2,1-2H3;2*1H/q+1;;/p-1. The molecule has 0 saturated heterocycles. The first-order chi connectivity index (χ1) is 12.3. The van der Waals surface area contributed by atoms with Crippen LogP contribution in [-0.2, 0) is 16.2 Å². The van der Waals surface area contributed by atoms with E-state index in [4.69, 9.17) is 15.4 Å². The maximum Gasteiger partial charge on any atom is 0.169 e. The van der Waals surface area contributed by atoms with Crippen LogP contribution < -0.4 is 27.9 Å². The summed E-state index contributed by atoms with van der Waals surface area (Å²) >= 11 is 0. The lowest BCUT2D eigenvalue weighted by Gasteiger charge is -2.21. The molecule has 0 saturated carbocycles. The molecule has 0 fully saturated rings. The first-order valence-electron chi connectivity index (χ1n) is 8.80. The maximum absolute atomic E-state index is 5.54. The van der Waals surface area contributed by atoms with E-state index in [1.165, 1.54) is 10.8 Å². The van der Waals surface area contributed by atoms with Gasteiger partial charge >= 0.3 is 0 Å². The van der Waals surface area contributed by atoms with Crippen molar-refractivity contribution in [1.29, 1.82) is 0 Å². The SMILES string of the molecule is CCON(OCC)c1ccc(C=Cc2cc[n+](CCCN)cc2)cc1.Cl.[Cl-].